The van der Waals surface area contributed by atoms with Gasteiger partial charge in [-0.25, -0.2) is 9.97 Å². The van der Waals surface area contributed by atoms with E-state index in [2.05, 4.69) is 27.4 Å². The van der Waals surface area contributed by atoms with Crippen LogP contribution in [0.15, 0.2) is 36.7 Å². The molecule has 2 aromatic rings. The molecule has 1 aromatic carbocycles. The van der Waals surface area contributed by atoms with Crippen LogP contribution in [0.3, 0.4) is 0 Å². The Bertz CT molecular complexity index is 553. The first-order valence-corrected chi connectivity index (χ1v) is 6.12. The first-order valence-electron chi connectivity index (χ1n) is 6.12. The molecule has 0 amide bonds. The Kier molecular flexibility index (Phi) is 3.85. The molecule has 100 valence electrons. The summed E-state index contributed by atoms with van der Waals surface area (Å²) in [6.45, 7) is 0. The summed E-state index contributed by atoms with van der Waals surface area (Å²) in [4.78, 5) is 12.5. The molecule has 0 unspecified atom stereocenters. The Labute approximate surface area is 113 Å². The van der Waals surface area contributed by atoms with Gasteiger partial charge in [0.1, 0.15) is 18.0 Å². The minimum Gasteiger partial charge on any atom is -0.388 e. The topological polar surface area (TPSA) is 44.3 Å². The van der Waals surface area contributed by atoms with Gasteiger partial charge in [-0.1, -0.05) is 6.07 Å². The van der Waals surface area contributed by atoms with Crippen LogP contribution >= 0.6 is 0 Å². The molecule has 0 aliphatic rings. The molecule has 2 rings (SSSR count). The largest absolute Gasteiger partial charge is 0.388 e. The Balaban J connectivity index is 2.32. The fourth-order valence-corrected chi connectivity index (χ4v) is 1.77. The van der Waals surface area contributed by atoms with Gasteiger partial charge in [0.05, 0.1) is 0 Å². The quantitative estimate of drug-likeness (QED) is 0.911. The third-order valence-corrected chi connectivity index (χ3v) is 2.96. The Hall–Kier alpha value is -2.30. The summed E-state index contributed by atoms with van der Waals surface area (Å²) in [6, 6.07) is 10.1. The van der Waals surface area contributed by atoms with Crippen molar-refractivity contribution in [1.29, 1.82) is 0 Å². The van der Waals surface area contributed by atoms with Gasteiger partial charge in [-0.05, 0) is 18.2 Å². The van der Waals surface area contributed by atoms with E-state index in [1.165, 1.54) is 0 Å². The minimum absolute atomic E-state index is 0.868. The van der Waals surface area contributed by atoms with Crippen molar-refractivity contribution in [3.05, 3.63) is 36.7 Å². The van der Waals surface area contributed by atoms with Crippen molar-refractivity contribution in [1.82, 2.24) is 9.97 Å². The fraction of sp³-hybridized carbons (Fsp3) is 0.286. The van der Waals surface area contributed by atoms with Crippen molar-refractivity contribution in [3.63, 3.8) is 0 Å². The molecule has 0 aliphatic heterocycles. The van der Waals surface area contributed by atoms with Gasteiger partial charge in [-0.3, -0.25) is 0 Å². The number of hydrogen-bond donors (Lipinski definition) is 1. The second kappa shape index (κ2) is 5.56. The SMILES string of the molecule is CNc1cccc(N(C)c2cc(N(C)C)ncn2)c1. The number of hydrogen-bond acceptors (Lipinski definition) is 5. The lowest BCUT2D eigenvalue weighted by Crippen LogP contribution is -2.15. The molecular weight excluding hydrogens is 238 g/mol. The standard InChI is InChI=1S/C14H19N5/c1-15-11-6-5-7-12(8-11)19(4)14-9-13(18(2)3)16-10-17-14/h5-10,15H,1-4H3. The van der Waals surface area contributed by atoms with Crippen molar-refractivity contribution >= 4 is 23.0 Å². The molecule has 0 saturated heterocycles. The summed E-state index contributed by atoms with van der Waals surface area (Å²) in [5.41, 5.74) is 2.15. The molecule has 1 heterocycles. The molecule has 0 aliphatic carbocycles. The second-order valence-corrected chi connectivity index (χ2v) is 4.49. The molecule has 0 atom stereocenters. The minimum atomic E-state index is 0.868. The molecule has 19 heavy (non-hydrogen) atoms. The monoisotopic (exact) mass is 257 g/mol. The van der Waals surface area contributed by atoms with Crippen LogP contribution in [0.1, 0.15) is 0 Å². The van der Waals surface area contributed by atoms with E-state index in [0.717, 1.165) is 23.0 Å². The Morgan fingerprint density at radius 2 is 1.74 bits per heavy atom. The normalized spacial score (nSPS) is 10.1. The van der Waals surface area contributed by atoms with Crippen LogP contribution in [-0.4, -0.2) is 38.2 Å². The van der Waals surface area contributed by atoms with Crippen LogP contribution in [0.4, 0.5) is 23.0 Å². The smallest absolute Gasteiger partial charge is 0.138 e. The highest BCUT2D eigenvalue weighted by Gasteiger charge is 2.08. The lowest BCUT2D eigenvalue weighted by atomic mass is 10.2. The van der Waals surface area contributed by atoms with Gasteiger partial charge in [0.15, 0.2) is 0 Å². The van der Waals surface area contributed by atoms with Crippen molar-refractivity contribution < 1.29 is 0 Å². The summed E-state index contributed by atoms with van der Waals surface area (Å²) in [6.07, 6.45) is 1.59. The van der Waals surface area contributed by atoms with E-state index in [9.17, 15) is 0 Å². The number of aromatic nitrogens is 2. The first-order chi connectivity index (χ1) is 9.11. The van der Waals surface area contributed by atoms with Crippen LogP contribution in [0.2, 0.25) is 0 Å². The number of benzene rings is 1. The molecule has 5 heteroatoms. The lowest BCUT2D eigenvalue weighted by molar-refractivity contribution is 1.02. The van der Waals surface area contributed by atoms with Gasteiger partial charge < -0.3 is 15.1 Å². The molecule has 0 bridgehead atoms. The molecular formula is C14H19N5. The van der Waals surface area contributed by atoms with E-state index in [4.69, 9.17) is 0 Å². The molecule has 5 nitrogen and oxygen atoms in total. The lowest BCUT2D eigenvalue weighted by Gasteiger charge is -2.20. The van der Waals surface area contributed by atoms with E-state index in [1.807, 2.05) is 56.2 Å². The van der Waals surface area contributed by atoms with Crippen molar-refractivity contribution in [2.24, 2.45) is 0 Å². The Morgan fingerprint density at radius 3 is 2.42 bits per heavy atom. The molecule has 1 N–H and O–H groups in total. The van der Waals surface area contributed by atoms with Gasteiger partial charge in [-0.2, -0.15) is 0 Å². The summed E-state index contributed by atoms with van der Waals surface area (Å²) in [5.74, 6) is 1.76. The average molecular weight is 257 g/mol. The highest BCUT2D eigenvalue weighted by molar-refractivity contribution is 5.65. The van der Waals surface area contributed by atoms with E-state index in [-0.39, 0.29) is 0 Å². The van der Waals surface area contributed by atoms with Crippen LogP contribution in [0, 0.1) is 0 Å². The van der Waals surface area contributed by atoms with Crippen LogP contribution < -0.4 is 15.1 Å². The first kappa shape index (κ1) is 13.1. The van der Waals surface area contributed by atoms with Gasteiger partial charge in [0.25, 0.3) is 0 Å². The van der Waals surface area contributed by atoms with E-state index < -0.39 is 0 Å². The molecule has 0 saturated carbocycles. The molecule has 1 aromatic heterocycles. The van der Waals surface area contributed by atoms with E-state index >= 15 is 0 Å². The average Bonchev–Trinajstić information content (AvgIpc) is 2.46. The maximum atomic E-state index is 4.32. The van der Waals surface area contributed by atoms with Crippen LogP contribution in [0.5, 0.6) is 0 Å². The maximum absolute atomic E-state index is 4.32. The van der Waals surface area contributed by atoms with Crippen molar-refractivity contribution in [2.75, 3.05) is 43.3 Å². The second-order valence-electron chi connectivity index (χ2n) is 4.49. The number of nitrogens with one attached hydrogen (secondary N) is 1. The number of anilines is 4. The van der Waals surface area contributed by atoms with E-state index in [0.29, 0.717) is 0 Å². The van der Waals surface area contributed by atoms with Crippen LogP contribution in [-0.2, 0) is 0 Å². The van der Waals surface area contributed by atoms with Crippen LogP contribution in [0.25, 0.3) is 0 Å². The highest BCUT2D eigenvalue weighted by atomic mass is 15.2. The summed E-state index contributed by atoms with van der Waals surface area (Å²) >= 11 is 0. The zero-order chi connectivity index (χ0) is 13.8. The number of nitrogens with zero attached hydrogens (tertiary/aromatic N) is 4. The molecule has 0 spiro atoms. The third-order valence-electron chi connectivity index (χ3n) is 2.96. The van der Waals surface area contributed by atoms with Gasteiger partial charge in [0, 0.05) is 45.6 Å². The predicted molar refractivity (Wildman–Crippen MR) is 80.4 cm³/mol. The summed E-state index contributed by atoms with van der Waals surface area (Å²) in [5, 5.41) is 3.14. The Morgan fingerprint density at radius 1 is 1.00 bits per heavy atom. The summed E-state index contributed by atoms with van der Waals surface area (Å²) < 4.78 is 0. The van der Waals surface area contributed by atoms with E-state index in [1.54, 1.807) is 6.33 Å². The third kappa shape index (κ3) is 2.93. The predicted octanol–water partition coefficient (Wildman–Crippen LogP) is 2.35. The molecule has 0 fully saturated rings. The highest BCUT2D eigenvalue weighted by Crippen LogP contribution is 2.25. The maximum Gasteiger partial charge on any atom is 0.138 e. The van der Waals surface area contributed by atoms with Crippen molar-refractivity contribution in [2.45, 2.75) is 0 Å². The zero-order valence-electron chi connectivity index (χ0n) is 11.8. The molecule has 0 radical (unpaired) electrons. The van der Waals surface area contributed by atoms with Gasteiger partial charge >= 0.3 is 0 Å². The zero-order valence-corrected chi connectivity index (χ0v) is 11.8. The van der Waals surface area contributed by atoms with Gasteiger partial charge in [0.2, 0.25) is 0 Å². The summed E-state index contributed by atoms with van der Waals surface area (Å²) in [7, 11) is 7.84. The fourth-order valence-electron chi connectivity index (χ4n) is 1.77. The van der Waals surface area contributed by atoms with Gasteiger partial charge in [-0.15, -0.1) is 0 Å². The number of rotatable bonds is 4. The van der Waals surface area contributed by atoms with Crippen molar-refractivity contribution in [3.8, 4) is 0 Å².